The molecule has 0 saturated heterocycles. The molecule has 4 rings (SSSR count). The summed E-state index contributed by atoms with van der Waals surface area (Å²) in [5.41, 5.74) is 4.32. The molecule has 0 spiro atoms. The number of fused-ring (bicyclic) bond motifs is 1. The molecule has 5 nitrogen and oxygen atoms in total. The van der Waals surface area contributed by atoms with Gasteiger partial charge < -0.3 is 9.64 Å². The van der Waals surface area contributed by atoms with E-state index in [2.05, 4.69) is 16.3 Å². The van der Waals surface area contributed by atoms with Gasteiger partial charge >= 0.3 is 0 Å². The average Bonchev–Trinajstić information content (AvgIpc) is 3.28. The van der Waals surface area contributed by atoms with E-state index in [1.165, 1.54) is 5.56 Å². The number of rotatable bonds is 3. The number of methoxy groups -OCH3 is 1. The van der Waals surface area contributed by atoms with Crippen LogP contribution in [0.2, 0.25) is 0 Å². The predicted molar refractivity (Wildman–Crippen MR) is 92.4 cm³/mol. The molecule has 24 heavy (non-hydrogen) atoms. The van der Waals surface area contributed by atoms with Crippen LogP contribution in [0.4, 0.5) is 5.69 Å². The fourth-order valence-electron chi connectivity index (χ4n) is 3.06. The summed E-state index contributed by atoms with van der Waals surface area (Å²) in [4.78, 5) is 14.6. The lowest BCUT2D eigenvalue weighted by molar-refractivity contribution is 0.0984. The van der Waals surface area contributed by atoms with Crippen molar-refractivity contribution in [3.05, 3.63) is 65.9 Å². The lowest BCUT2D eigenvalue weighted by atomic mass is 10.1. The number of hydrogen-bond donors (Lipinski definition) is 1. The number of para-hydroxylation sites is 1. The molecule has 1 aliphatic heterocycles. The Morgan fingerprint density at radius 2 is 2.04 bits per heavy atom. The summed E-state index contributed by atoms with van der Waals surface area (Å²) in [6.45, 7) is 0.700. The van der Waals surface area contributed by atoms with Crippen LogP contribution < -0.4 is 9.64 Å². The van der Waals surface area contributed by atoms with Gasteiger partial charge in [-0.3, -0.25) is 9.89 Å². The minimum atomic E-state index is -0.0541. The number of carbonyl (C=O) groups excluding carboxylic acids is 1. The van der Waals surface area contributed by atoms with E-state index in [4.69, 9.17) is 4.74 Å². The quantitative estimate of drug-likeness (QED) is 0.806. The molecular weight excluding hydrogens is 302 g/mol. The van der Waals surface area contributed by atoms with Crippen molar-refractivity contribution in [3.63, 3.8) is 0 Å². The second kappa shape index (κ2) is 5.85. The van der Waals surface area contributed by atoms with Crippen molar-refractivity contribution >= 4 is 11.6 Å². The summed E-state index contributed by atoms with van der Waals surface area (Å²) in [5.74, 6) is 0.707. The normalized spacial score (nSPS) is 13.0. The van der Waals surface area contributed by atoms with Crippen molar-refractivity contribution in [2.24, 2.45) is 0 Å². The van der Waals surface area contributed by atoms with Crippen molar-refractivity contribution < 1.29 is 9.53 Å². The zero-order chi connectivity index (χ0) is 16.5. The number of nitrogens with zero attached hydrogens (tertiary/aromatic N) is 2. The predicted octanol–water partition coefficient (Wildman–Crippen LogP) is 3.29. The van der Waals surface area contributed by atoms with Gasteiger partial charge in [0.2, 0.25) is 0 Å². The highest BCUT2D eigenvalue weighted by Crippen LogP contribution is 2.29. The number of benzene rings is 2. The van der Waals surface area contributed by atoms with Gasteiger partial charge in [0.15, 0.2) is 0 Å². The smallest absolute Gasteiger partial charge is 0.276 e. The van der Waals surface area contributed by atoms with E-state index in [1.807, 2.05) is 42.5 Å². The van der Waals surface area contributed by atoms with Gasteiger partial charge in [0.1, 0.15) is 11.4 Å². The van der Waals surface area contributed by atoms with E-state index in [-0.39, 0.29) is 5.91 Å². The lowest BCUT2D eigenvalue weighted by Gasteiger charge is -2.15. The van der Waals surface area contributed by atoms with Gasteiger partial charge in [0.05, 0.1) is 12.8 Å². The van der Waals surface area contributed by atoms with E-state index in [9.17, 15) is 4.79 Å². The Labute approximate surface area is 139 Å². The van der Waals surface area contributed by atoms with E-state index >= 15 is 0 Å². The van der Waals surface area contributed by atoms with Crippen molar-refractivity contribution in [2.45, 2.75) is 6.42 Å². The molecule has 2 heterocycles. The fraction of sp³-hybridized carbons (Fsp3) is 0.158. The molecule has 0 radical (unpaired) electrons. The van der Waals surface area contributed by atoms with Crippen LogP contribution in [0.3, 0.4) is 0 Å². The topological polar surface area (TPSA) is 58.2 Å². The van der Waals surface area contributed by atoms with Gasteiger partial charge in [-0.1, -0.05) is 30.3 Å². The molecule has 0 bridgehead atoms. The zero-order valence-electron chi connectivity index (χ0n) is 13.3. The van der Waals surface area contributed by atoms with Crippen LogP contribution in [-0.2, 0) is 6.42 Å². The highest BCUT2D eigenvalue weighted by molar-refractivity contribution is 6.06. The Balaban J connectivity index is 1.62. The first-order valence-corrected chi connectivity index (χ1v) is 7.86. The molecule has 0 unspecified atom stereocenters. The van der Waals surface area contributed by atoms with Crippen LogP contribution >= 0.6 is 0 Å². The van der Waals surface area contributed by atoms with Crippen LogP contribution in [0.25, 0.3) is 11.3 Å². The van der Waals surface area contributed by atoms with Crippen LogP contribution in [0.5, 0.6) is 5.75 Å². The van der Waals surface area contributed by atoms with Gasteiger partial charge in [-0.25, -0.2) is 0 Å². The molecule has 3 aromatic rings. The van der Waals surface area contributed by atoms with Crippen LogP contribution in [0.1, 0.15) is 16.1 Å². The number of aromatic amines is 1. The minimum absolute atomic E-state index is 0.0541. The standard InChI is InChI=1S/C19H17N3O2/c1-24-15-7-4-6-14(11-15)16-12-17(21-20-16)19(23)22-10-9-13-5-2-3-8-18(13)22/h2-8,11-12H,9-10H2,1H3,(H,20,21). The number of amides is 1. The molecule has 0 fully saturated rings. The highest BCUT2D eigenvalue weighted by Gasteiger charge is 2.26. The average molecular weight is 319 g/mol. The van der Waals surface area contributed by atoms with Crippen LogP contribution in [0, 0.1) is 0 Å². The van der Waals surface area contributed by atoms with Gasteiger partial charge in [0, 0.05) is 17.8 Å². The van der Waals surface area contributed by atoms with E-state index in [1.54, 1.807) is 18.1 Å². The third-order valence-corrected chi connectivity index (χ3v) is 4.31. The number of nitrogens with one attached hydrogen (secondary N) is 1. The molecular formula is C19H17N3O2. The summed E-state index contributed by atoms with van der Waals surface area (Å²) in [5, 5.41) is 7.15. The Morgan fingerprint density at radius 1 is 1.17 bits per heavy atom. The lowest BCUT2D eigenvalue weighted by Crippen LogP contribution is -2.29. The van der Waals surface area contributed by atoms with Crippen molar-refractivity contribution in [1.29, 1.82) is 0 Å². The molecule has 1 amide bonds. The first-order chi connectivity index (χ1) is 11.8. The van der Waals surface area contributed by atoms with Crippen molar-refractivity contribution in [2.75, 3.05) is 18.6 Å². The molecule has 2 aromatic carbocycles. The van der Waals surface area contributed by atoms with Crippen LogP contribution in [0.15, 0.2) is 54.6 Å². The molecule has 5 heteroatoms. The Bertz CT molecular complexity index is 901. The number of ether oxygens (including phenoxy) is 1. The monoisotopic (exact) mass is 319 g/mol. The Hall–Kier alpha value is -3.08. The molecule has 0 atom stereocenters. The third kappa shape index (κ3) is 2.44. The van der Waals surface area contributed by atoms with Gasteiger partial charge in [-0.05, 0) is 36.2 Å². The molecule has 1 N–H and O–H groups in total. The summed E-state index contributed by atoms with van der Waals surface area (Å²) in [6, 6.07) is 17.4. The number of anilines is 1. The number of aromatic nitrogens is 2. The maximum atomic E-state index is 12.8. The Kier molecular flexibility index (Phi) is 3.54. The fourth-order valence-corrected chi connectivity index (χ4v) is 3.06. The first kappa shape index (κ1) is 14.5. The third-order valence-electron chi connectivity index (χ3n) is 4.31. The molecule has 1 aliphatic rings. The maximum Gasteiger partial charge on any atom is 0.276 e. The van der Waals surface area contributed by atoms with Crippen molar-refractivity contribution in [1.82, 2.24) is 10.2 Å². The second-order valence-corrected chi connectivity index (χ2v) is 5.73. The summed E-state index contributed by atoms with van der Waals surface area (Å²) in [6.07, 6.45) is 0.888. The largest absolute Gasteiger partial charge is 0.497 e. The van der Waals surface area contributed by atoms with E-state index in [0.717, 1.165) is 29.1 Å². The second-order valence-electron chi connectivity index (χ2n) is 5.73. The first-order valence-electron chi connectivity index (χ1n) is 7.86. The minimum Gasteiger partial charge on any atom is -0.497 e. The number of hydrogen-bond acceptors (Lipinski definition) is 3. The Morgan fingerprint density at radius 3 is 2.92 bits per heavy atom. The highest BCUT2D eigenvalue weighted by atomic mass is 16.5. The summed E-state index contributed by atoms with van der Waals surface area (Å²) >= 11 is 0. The van der Waals surface area contributed by atoms with Gasteiger partial charge in [-0.2, -0.15) is 5.10 Å². The molecule has 0 saturated carbocycles. The molecule has 1 aromatic heterocycles. The molecule has 0 aliphatic carbocycles. The van der Waals surface area contributed by atoms with Gasteiger partial charge in [-0.15, -0.1) is 0 Å². The van der Waals surface area contributed by atoms with Gasteiger partial charge in [0.25, 0.3) is 5.91 Å². The van der Waals surface area contributed by atoms with E-state index in [0.29, 0.717) is 12.2 Å². The number of H-pyrrole nitrogens is 1. The maximum absolute atomic E-state index is 12.8. The van der Waals surface area contributed by atoms with Crippen molar-refractivity contribution in [3.8, 4) is 17.0 Å². The molecule has 120 valence electrons. The SMILES string of the molecule is COc1cccc(-c2cc(C(=O)N3CCc4ccccc43)[nH]n2)c1. The van der Waals surface area contributed by atoms with Crippen LogP contribution in [-0.4, -0.2) is 29.8 Å². The summed E-state index contributed by atoms with van der Waals surface area (Å²) < 4.78 is 5.24. The zero-order valence-corrected chi connectivity index (χ0v) is 13.3. The summed E-state index contributed by atoms with van der Waals surface area (Å²) in [7, 11) is 1.63. The van der Waals surface area contributed by atoms with E-state index < -0.39 is 0 Å². The number of carbonyl (C=O) groups is 1.